The van der Waals surface area contributed by atoms with Crippen LogP contribution in [-0.4, -0.2) is 19.7 Å². The summed E-state index contributed by atoms with van der Waals surface area (Å²) in [6, 6.07) is 11.9. The highest BCUT2D eigenvalue weighted by Crippen LogP contribution is 2.25. The van der Waals surface area contributed by atoms with Crippen molar-refractivity contribution < 1.29 is 14.3 Å². The fourth-order valence-electron chi connectivity index (χ4n) is 2.54. The van der Waals surface area contributed by atoms with Gasteiger partial charge >= 0.3 is 5.97 Å². The predicted octanol–water partition coefficient (Wildman–Crippen LogP) is 3.80. The van der Waals surface area contributed by atoms with Gasteiger partial charge in [-0.15, -0.1) is 0 Å². The van der Waals surface area contributed by atoms with Crippen LogP contribution in [-0.2, 0) is 22.6 Å². The Hall–Kier alpha value is -2.04. The van der Waals surface area contributed by atoms with Crippen LogP contribution in [0, 0.1) is 13.8 Å². The summed E-state index contributed by atoms with van der Waals surface area (Å²) >= 11 is 6.16. The molecule has 0 unspecified atom stereocenters. The van der Waals surface area contributed by atoms with Crippen LogP contribution in [0.15, 0.2) is 36.4 Å². The molecule has 5 heteroatoms. The highest BCUT2D eigenvalue weighted by Gasteiger charge is 2.09. The molecular weight excluding hydrogens is 326 g/mol. The Kier molecular flexibility index (Phi) is 6.64. The topological polar surface area (TPSA) is 47.6 Å². The quantitative estimate of drug-likeness (QED) is 0.774. The van der Waals surface area contributed by atoms with Gasteiger partial charge in [-0.3, -0.25) is 0 Å². The zero-order valence-electron chi connectivity index (χ0n) is 14.2. The van der Waals surface area contributed by atoms with Crippen LogP contribution in [0.2, 0.25) is 5.02 Å². The average molecular weight is 348 g/mol. The van der Waals surface area contributed by atoms with E-state index in [2.05, 4.69) is 22.2 Å². The number of carbonyl (C=O) groups is 1. The first kappa shape index (κ1) is 18.3. The van der Waals surface area contributed by atoms with Gasteiger partial charge in [0.15, 0.2) is 6.61 Å². The Bertz CT molecular complexity index is 693. The Morgan fingerprint density at radius 2 is 1.79 bits per heavy atom. The second kappa shape index (κ2) is 8.71. The van der Waals surface area contributed by atoms with Crippen LogP contribution in [0.1, 0.15) is 22.3 Å². The van der Waals surface area contributed by atoms with E-state index in [1.54, 1.807) is 0 Å². The molecule has 0 aliphatic heterocycles. The number of carbonyl (C=O) groups excluding carboxylic acids is 1. The van der Waals surface area contributed by atoms with Gasteiger partial charge in [-0.25, -0.2) is 4.79 Å². The fourth-order valence-corrected chi connectivity index (χ4v) is 2.75. The van der Waals surface area contributed by atoms with Crippen molar-refractivity contribution in [2.24, 2.45) is 0 Å². The second-order valence-corrected chi connectivity index (χ2v) is 6.03. The number of methoxy groups -OCH3 is 1. The van der Waals surface area contributed by atoms with Crippen LogP contribution in [0.4, 0.5) is 0 Å². The first-order valence-corrected chi connectivity index (χ1v) is 8.13. The van der Waals surface area contributed by atoms with Crippen LogP contribution in [0.3, 0.4) is 0 Å². The maximum Gasteiger partial charge on any atom is 0.343 e. The molecule has 0 fully saturated rings. The number of esters is 1. The van der Waals surface area contributed by atoms with E-state index in [9.17, 15) is 4.79 Å². The van der Waals surface area contributed by atoms with Crippen LogP contribution < -0.4 is 10.1 Å². The number of benzene rings is 2. The number of hydrogen-bond acceptors (Lipinski definition) is 4. The Balaban J connectivity index is 1.97. The fraction of sp³-hybridized carbons (Fsp3) is 0.316. The van der Waals surface area contributed by atoms with Gasteiger partial charge in [-0.05, 0) is 42.2 Å². The Morgan fingerprint density at radius 3 is 2.42 bits per heavy atom. The lowest BCUT2D eigenvalue weighted by molar-refractivity contribution is -0.142. The molecular formula is C19H22ClNO3. The number of aryl methyl sites for hydroxylation is 2. The lowest BCUT2D eigenvalue weighted by Crippen LogP contribution is -2.15. The molecule has 0 aromatic heterocycles. The smallest absolute Gasteiger partial charge is 0.343 e. The van der Waals surface area contributed by atoms with Gasteiger partial charge in [0, 0.05) is 18.1 Å². The number of rotatable bonds is 7. The summed E-state index contributed by atoms with van der Waals surface area (Å²) in [5, 5.41) is 4.16. The molecule has 0 atom stereocenters. The molecule has 24 heavy (non-hydrogen) atoms. The van der Waals surface area contributed by atoms with Gasteiger partial charge in [-0.1, -0.05) is 41.9 Å². The van der Waals surface area contributed by atoms with Crippen molar-refractivity contribution in [3.05, 3.63) is 63.7 Å². The molecule has 0 heterocycles. The molecule has 2 aromatic rings. The molecule has 0 bridgehead atoms. The number of halogens is 1. The zero-order chi connectivity index (χ0) is 17.5. The molecule has 0 amide bonds. The van der Waals surface area contributed by atoms with Crippen molar-refractivity contribution in [1.29, 1.82) is 0 Å². The van der Waals surface area contributed by atoms with Crippen molar-refractivity contribution in [2.75, 3.05) is 13.7 Å². The van der Waals surface area contributed by atoms with E-state index >= 15 is 0 Å². The lowest BCUT2D eigenvalue weighted by Gasteiger charge is -2.14. The Labute approximate surface area is 147 Å². The van der Waals surface area contributed by atoms with Crippen LogP contribution >= 0.6 is 11.6 Å². The number of hydrogen-bond donors (Lipinski definition) is 1. The monoisotopic (exact) mass is 347 g/mol. The summed E-state index contributed by atoms with van der Waals surface area (Å²) in [7, 11) is 1.35. The van der Waals surface area contributed by atoms with E-state index < -0.39 is 0 Å². The van der Waals surface area contributed by atoms with E-state index in [1.165, 1.54) is 7.11 Å². The minimum atomic E-state index is -0.390. The molecule has 0 saturated heterocycles. The average Bonchev–Trinajstić information content (AvgIpc) is 2.55. The zero-order valence-corrected chi connectivity index (χ0v) is 14.9. The first-order chi connectivity index (χ1) is 11.5. The van der Waals surface area contributed by atoms with Crippen LogP contribution in [0.5, 0.6) is 5.75 Å². The summed E-state index contributed by atoms with van der Waals surface area (Å²) in [6.07, 6.45) is 0. The molecule has 2 aromatic carbocycles. The predicted molar refractivity (Wildman–Crippen MR) is 95.4 cm³/mol. The van der Waals surface area contributed by atoms with Gasteiger partial charge in [-0.2, -0.15) is 0 Å². The van der Waals surface area contributed by atoms with E-state index in [-0.39, 0.29) is 12.6 Å². The van der Waals surface area contributed by atoms with Gasteiger partial charge < -0.3 is 14.8 Å². The first-order valence-electron chi connectivity index (χ1n) is 7.75. The highest BCUT2D eigenvalue weighted by atomic mass is 35.5. The minimum Gasteiger partial charge on any atom is -0.481 e. The van der Waals surface area contributed by atoms with E-state index in [4.69, 9.17) is 16.3 Å². The molecule has 0 aliphatic carbocycles. The molecule has 4 nitrogen and oxygen atoms in total. The SMILES string of the molecule is COC(=O)COc1c(C)cc(CNCc2ccccc2Cl)cc1C. The molecule has 1 N–H and O–H groups in total. The molecule has 2 rings (SSSR count). The van der Waals surface area contributed by atoms with Crippen LogP contribution in [0.25, 0.3) is 0 Å². The standard InChI is InChI=1S/C19H22ClNO3/c1-13-8-15(9-14(2)19(13)24-12-18(22)23-3)10-21-11-16-6-4-5-7-17(16)20/h4-9,21H,10-12H2,1-3H3. The number of nitrogens with one attached hydrogen (secondary N) is 1. The van der Waals surface area contributed by atoms with E-state index in [1.807, 2.05) is 38.1 Å². The molecule has 0 spiro atoms. The summed E-state index contributed by atoms with van der Waals surface area (Å²) in [5.74, 6) is 0.342. The summed E-state index contributed by atoms with van der Waals surface area (Å²) < 4.78 is 10.1. The number of ether oxygens (including phenoxy) is 2. The molecule has 0 aliphatic rings. The normalized spacial score (nSPS) is 10.5. The largest absolute Gasteiger partial charge is 0.481 e. The van der Waals surface area contributed by atoms with Crippen molar-refractivity contribution in [3.8, 4) is 5.75 Å². The highest BCUT2D eigenvalue weighted by molar-refractivity contribution is 6.31. The van der Waals surface area contributed by atoms with Crippen molar-refractivity contribution in [3.63, 3.8) is 0 Å². The molecule has 0 saturated carbocycles. The van der Waals surface area contributed by atoms with Gasteiger partial charge in [0.2, 0.25) is 0 Å². The van der Waals surface area contributed by atoms with E-state index in [0.29, 0.717) is 6.54 Å². The third kappa shape index (κ3) is 4.98. The van der Waals surface area contributed by atoms with Gasteiger partial charge in [0.25, 0.3) is 0 Å². The third-order valence-corrected chi connectivity index (χ3v) is 4.05. The second-order valence-electron chi connectivity index (χ2n) is 5.62. The Morgan fingerprint density at radius 1 is 1.12 bits per heavy atom. The third-order valence-electron chi connectivity index (χ3n) is 3.68. The summed E-state index contributed by atoms with van der Waals surface area (Å²) in [4.78, 5) is 11.2. The van der Waals surface area contributed by atoms with Gasteiger partial charge in [0.1, 0.15) is 5.75 Å². The summed E-state index contributed by atoms with van der Waals surface area (Å²) in [5.41, 5.74) is 4.22. The molecule has 0 radical (unpaired) electrons. The molecule has 128 valence electrons. The summed E-state index contributed by atoms with van der Waals surface area (Å²) in [6.45, 7) is 5.29. The maximum atomic E-state index is 11.2. The van der Waals surface area contributed by atoms with Crippen molar-refractivity contribution >= 4 is 17.6 Å². The maximum absolute atomic E-state index is 11.2. The van der Waals surface area contributed by atoms with Crippen molar-refractivity contribution in [2.45, 2.75) is 26.9 Å². The van der Waals surface area contributed by atoms with E-state index in [0.717, 1.165) is 39.6 Å². The lowest BCUT2D eigenvalue weighted by atomic mass is 10.1. The van der Waals surface area contributed by atoms with Gasteiger partial charge in [0.05, 0.1) is 7.11 Å². The minimum absolute atomic E-state index is 0.0811. The van der Waals surface area contributed by atoms with Crippen molar-refractivity contribution in [1.82, 2.24) is 5.32 Å².